The number of aromatic hydroxyl groups is 1. The van der Waals surface area contributed by atoms with Crippen molar-refractivity contribution in [1.82, 2.24) is 0 Å². The number of ether oxygens (including phenoxy) is 2. The van der Waals surface area contributed by atoms with E-state index in [9.17, 15) is 9.90 Å². The summed E-state index contributed by atoms with van der Waals surface area (Å²) in [7, 11) is 1.57. The molecule has 1 aliphatic heterocycles. The highest BCUT2D eigenvalue weighted by Gasteiger charge is 2.27. The Morgan fingerprint density at radius 3 is 2.80 bits per heavy atom. The fourth-order valence-electron chi connectivity index (χ4n) is 2.10. The van der Waals surface area contributed by atoms with Crippen molar-refractivity contribution in [1.29, 1.82) is 0 Å². The molecule has 0 bridgehead atoms. The number of Topliss-reactive ketones (excluding diaryl/α,β-unsaturated/α-hetero) is 1. The predicted molar refractivity (Wildman–Crippen MR) is 74.0 cm³/mol. The van der Waals surface area contributed by atoms with Crippen LogP contribution >= 0.6 is 0 Å². The van der Waals surface area contributed by atoms with Crippen LogP contribution in [0.25, 0.3) is 6.08 Å². The minimum Gasteiger partial charge on any atom is -0.508 e. The second-order valence-electron chi connectivity index (χ2n) is 4.36. The number of carbonyl (C=O) groups excluding carboxylic acids is 1. The quantitative estimate of drug-likeness (QED) is 0.851. The third kappa shape index (κ3) is 2.01. The molecular formula is C16H12O4. The van der Waals surface area contributed by atoms with E-state index in [-0.39, 0.29) is 17.3 Å². The Balaban J connectivity index is 2.01. The molecule has 0 saturated carbocycles. The van der Waals surface area contributed by atoms with Crippen molar-refractivity contribution in [3.05, 3.63) is 59.4 Å². The first-order valence-corrected chi connectivity index (χ1v) is 6.09. The van der Waals surface area contributed by atoms with Crippen LogP contribution in [0.5, 0.6) is 17.2 Å². The highest BCUT2D eigenvalue weighted by Crippen LogP contribution is 2.35. The highest BCUT2D eigenvalue weighted by atomic mass is 16.5. The van der Waals surface area contributed by atoms with Crippen molar-refractivity contribution in [2.45, 2.75) is 0 Å². The molecule has 0 radical (unpaired) electrons. The lowest BCUT2D eigenvalue weighted by Gasteiger charge is -2.04. The number of carbonyl (C=O) groups is 1. The number of phenolic OH excluding ortho intramolecular Hbond substituents is 1. The first-order chi connectivity index (χ1) is 9.69. The molecule has 0 unspecified atom stereocenters. The smallest absolute Gasteiger partial charge is 0.231 e. The van der Waals surface area contributed by atoms with Gasteiger partial charge in [0, 0.05) is 11.6 Å². The molecule has 0 aromatic heterocycles. The van der Waals surface area contributed by atoms with Crippen LogP contribution in [-0.2, 0) is 0 Å². The molecule has 0 fully saturated rings. The van der Waals surface area contributed by atoms with Gasteiger partial charge in [-0.15, -0.1) is 0 Å². The van der Waals surface area contributed by atoms with Crippen LogP contribution in [0, 0.1) is 0 Å². The van der Waals surface area contributed by atoms with Crippen LogP contribution in [-0.4, -0.2) is 18.0 Å². The van der Waals surface area contributed by atoms with Crippen molar-refractivity contribution in [2.24, 2.45) is 0 Å². The lowest BCUT2D eigenvalue weighted by atomic mass is 10.1. The van der Waals surface area contributed by atoms with Crippen molar-refractivity contribution in [2.75, 3.05) is 7.11 Å². The summed E-state index contributed by atoms with van der Waals surface area (Å²) in [4.78, 5) is 12.2. The Kier molecular flexibility index (Phi) is 2.91. The monoisotopic (exact) mass is 268 g/mol. The first kappa shape index (κ1) is 12.3. The standard InChI is InChI=1S/C16H12O4/c1-19-13-5-3-2-4-10(13)8-15-16(18)12-7-6-11(17)9-14(12)20-15/h2-9,17H,1H3/b15-8-. The van der Waals surface area contributed by atoms with Crippen LogP contribution in [0.3, 0.4) is 0 Å². The summed E-state index contributed by atoms with van der Waals surface area (Å²) in [6, 6.07) is 11.8. The Morgan fingerprint density at radius 1 is 1.20 bits per heavy atom. The summed E-state index contributed by atoms with van der Waals surface area (Å²) in [5.41, 5.74) is 1.21. The Labute approximate surface area is 115 Å². The normalized spacial score (nSPS) is 15.1. The summed E-state index contributed by atoms with van der Waals surface area (Å²) >= 11 is 0. The maximum Gasteiger partial charge on any atom is 0.231 e. The van der Waals surface area contributed by atoms with Gasteiger partial charge < -0.3 is 14.6 Å². The van der Waals surface area contributed by atoms with Crippen molar-refractivity contribution >= 4 is 11.9 Å². The number of hydrogen-bond donors (Lipinski definition) is 1. The van der Waals surface area contributed by atoms with E-state index in [1.807, 2.05) is 24.3 Å². The van der Waals surface area contributed by atoms with Gasteiger partial charge in [-0.2, -0.15) is 0 Å². The minimum absolute atomic E-state index is 0.0649. The average Bonchev–Trinajstić information content (AvgIpc) is 2.75. The third-order valence-corrected chi connectivity index (χ3v) is 3.08. The van der Waals surface area contributed by atoms with E-state index in [0.29, 0.717) is 17.1 Å². The second kappa shape index (κ2) is 4.74. The van der Waals surface area contributed by atoms with Crippen LogP contribution in [0.2, 0.25) is 0 Å². The highest BCUT2D eigenvalue weighted by molar-refractivity contribution is 6.14. The number of phenols is 1. The van der Waals surface area contributed by atoms with Gasteiger partial charge in [0.05, 0.1) is 12.7 Å². The lowest BCUT2D eigenvalue weighted by molar-refractivity contribution is 0.101. The third-order valence-electron chi connectivity index (χ3n) is 3.08. The van der Waals surface area contributed by atoms with Gasteiger partial charge in [-0.25, -0.2) is 0 Å². The number of allylic oxidation sites excluding steroid dienone is 1. The molecular weight excluding hydrogens is 256 g/mol. The largest absolute Gasteiger partial charge is 0.508 e. The molecule has 4 heteroatoms. The molecule has 0 saturated heterocycles. The van der Waals surface area contributed by atoms with E-state index in [1.54, 1.807) is 19.3 Å². The SMILES string of the molecule is COc1ccccc1/C=C1\Oc2cc(O)ccc2C1=O. The van der Waals surface area contributed by atoms with Gasteiger partial charge in [-0.1, -0.05) is 18.2 Å². The summed E-state index contributed by atoms with van der Waals surface area (Å²) in [5, 5.41) is 9.41. The van der Waals surface area contributed by atoms with Crippen LogP contribution in [0.1, 0.15) is 15.9 Å². The molecule has 2 aromatic rings. The molecule has 2 aromatic carbocycles. The van der Waals surface area contributed by atoms with E-state index in [2.05, 4.69) is 0 Å². The maximum absolute atomic E-state index is 12.2. The zero-order valence-electron chi connectivity index (χ0n) is 10.8. The van der Waals surface area contributed by atoms with Crippen LogP contribution < -0.4 is 9.47 Å². The fraction of sp³-hybridized carbons (Fsp3) is 0.0625. The van der Waals surface area contributed by atoms with Crippen LogP contribution in [0.4, 0.5) is 0 Å². The topological polar surface area (TPSA) is 55.8 Å². The van der Waals surface area contributed by atoms with E-state index >= 15 is 0 Å². The van der Waals surface area contributed by atoms with E-state index in [0.717, 1.165) is 5.56 Å². The lowest BCUT2D eigenvalue weighted by Crippen LogP contribution is -1.98. The molecule has 0 spiro atoms. The zero-order chi connectivity index (χ0) is 14.1. The summed E-state index contributed by atoms with van der Waals surface area (Å²) in [6.45, 7) is 0. The Hall–Kier alpha value is -2.75. The molecule has 0 amide bonds. The molecule has 1 heterocycles. The van der Waals surface area contributed by atoms with Gasteiger partial charge in [0.15, 0.2) is 5.76 Å². The Morgan fingerprint density at radius 2 is 2.00 bits per heavy atom. The Bertz CT molecular complexity index is 716. The summed E-state index contributed by atoms with van der Waals surface area (Å²) in [6.07, 6.45) is 1.64. The molecule has 4 nitrogen and oxygen atoms in total. The van der Waals surface area contributed by atoms with E-state index < -0.39 is 0 Å². The number of fused-ring (bicyclic) bond motifs is 1. The minimum atomic E-state index is -0.203. The van der Waals surface area contributed by atoms with Gasteiger partial charge >= 0.3 is 0 Å². The number of para-hydroxylation sites is 1. The van der Waals surface area contributed by atoms with Gasteiger partial charge in [0.25, 0.3) is 0 Å². The van der Waals surface area contributed by atoms with Crippen molar-refractivity contribution < 1.29 is 19.4 Å². The molecule has 1 aliphatic rings. The van der Waals surface area contributed by atoms with Gasteiger partial charge in [-0.05, 0) is 24.3 Å². The van der Waals surface area contributed by atoms with Crippen molar-refractivity contribution in [3.8, 4) is 17.2 Å². The zero-order valence-corrected chi connectivity index (χ0v) is 10.8. The molecule has 20 heavy (non-hydrogen) atoms. The van der Waals surface area contributed by atoms with Gasteiger partial charge in [-0.3, -0.25) is 4.79 Å². The van der Waals surface area contributed by atoms with E-state index in [4.69, 9.17) is 9.47 Å². The fourth-order valence-corrected chi connectivity index (χ4v) is 2.10. The maximum atomic E-state index is 12.2. The number of methoxy groups -OCH3 is 1. The molecule has 0 aliphatic carbocycles. The van der Waals surface area contributed by atoms with Crippen molar-refractivity contribution in [3.63, 3.8) is 0 Å². The predicted octanol–water partition coefficient (Wildman–Crippen LogP) is 3.02. The second-order valence-corrected chi connectivity index (χ2v) is 4.36. The molecule has 100 valence electrons. The number of rotatable bonds is 2. The van der Waals surface area contributed by atoms with E-state index in [1.165, 1.54) is 12.1 Å². The van der Waals surface area contributed by atoms with Gasteiger partial charge in [0.2, 0.25) is 5.78 Å². The molecule has 3 rings (SSSR count). The summed E-state index contributed by atoms with van der Waals surface area (Å²) in [5.74, 6) is 1.11. The average molecular weight is 268 g/mol. The van der Waals surface area contributed by atoms with Crippen LogP contribution in [0.15, 0.2) is 48.2 Å². The first-order valence-electron chi connectivity index (χ1n) is 6.09. The number of benzene rings is 2. The van der Waals surface area contributed by atoms with Gasteiger partial charge in [0.1, 0.15) is 17.2 Å². The number of hydrogen-bond acceptors (Lipinski definition) is 4. The molecule has 1 N–H and O–H groups in total. The molecule has 0 atom stereocenters. The summed E-state index contributed by atoms with van der Waals surface area (Å²) < 4.78 is 10.7. The number of ketones is 1.